The Balaban J connectivity index is 1.45. The molecule has 0 heterocycles. The molecular formula is C26H19Cl2F2N3O6. The van der Waals surface area contributed by atoms with Crippen molar-refractivity contribution in [3.05, 3.63) is 98.5 Å². The Morgan fingerprint density at radius 2 is 1.51 bits per heavy atom. The molecule has 3 aromatic carbocycles. The van der Waals surface area contributed by atoms with Gasteiger partial charge in [-0.3, -0.25) is 14.4 Å². The molecule has 202 valence electrons. The first-order valence-electron chi connectivity index (χ1n) is 11.3. The smallest absolute Gasteiger partial charge is 0.331 e. The first-order chi connectivity index (χ1) is 18.4. The van der Waals surface area contributed by atoms with Gasteiger partial charge in [-0.1, -0.05) is 35.3 Å². The van der Waals surface area contributed by atoms with Crippen molar-refractivity contribution < 1.29 is 38.2 Å². The van der Waals surface area contributed by atoms with Crippen molar-refractivity contribution in [1.82, 2.24) is 16.0 Å². The van der Waals surface area contributed by atoms with Crippen LogP contribution in [0.5, 0.6) is 5.75 Å². The fourth-order valence-corrected chi connectivity index (χ4v) is 4.59. The molecule has 0 aliphatic heterocycles. The zero-order chi connectivity index (χ0) is 28.5. The lowest BCUT2D eigenvalue weighted by Gasteiger charge is -2.17. The zero-order valence-corrected chi connectivity index (χ0v) is 21.2. The molecule has 5 N–H and O–H groups in total. The molecule has 1 aliphatic rings. The van der Waals surface area contributed by atoms with Crippen LogP contribution in [-0.2, 0) is 11.3 Å². The number of carbonyl (C=O) groups excluding carboxylic acids is 3. The summed E-state index contributed by atoms with van der Waals surface area (Å²) in [4.78, 5) is 49.9. The molecule has 9 nitrogen and oxygen atoms in total. The Kier molecular flexibility index (Phi) is 7.75. The SMILES string of the molecule is O=C(NCc1cccc(O)c1)c1cc(Cl)c(C(=O)NC2(C(=O)O)CC2NC(=O)c2cc(F)cc(F)c2)c(Cl)c1. The first-order valence-corrected chi connectivity index (χ1v) is 12.0. The molecule has 3 amide bonds. The molecule has 0 aromatic heterocycles. The number of carboxylic acid groups (broad SMARTS) is 1. The molecule has 1 saturated carbocycles. The van der Waals surface area contributed by atoms with E-state index in [4.69, 9.17) is 23.2 Å². The van der Waals surface area contributed by atoms with Gasteiger partial charge in [0, 0.05) is 30.2 Å². The highest BCUT2D eigenvalue weighted by Gasteiger charge is 2.63. The van der Waals surface area contributed by atoms with Crippen LogP contribution in [0.4, 0.5) is 8.78 Å². The molecule has 2 unspecified atom stereocenters. The number of phenols is 1. The molecule has 4 rings (SSSR count). The van der Waals surface area contributed by atoms with Gasteiger partial charge < -0.3 is 26.2 Å². The summed E-state index contributed by atoms with van der Waals surface area (Å²) in [5, 5.41) is 26.1. The molecule has 39 heavy (non-hydrogen) atoms. The molecule has 1 fully saturated rings. The Morgan fingerprint density at radius 3 is 2.10 bits per heavy atom. The largest absolute Gasteiger partial charge is 0.508 e. The Hall–Kier alpha value is -4.22. The van der Waals surface area contributed by atoms with E-state index in [2.05, 4.69) is 16.0 Å². The highest BCUT2D eigenvalue weighted by atomic mass is 35.5. The van der Waals surface area contributed by atoms with Crippen LogP contribution in [0, 0.1) is 11.6 Å². The van der Waals surface area contributed by atoms with Crippen LogP contribution < -0.4 is 16.0 Å². The van der Waals surface area contributed by atoms with Crippen molar-refractivity contribution in [1.29, 1.82) is 0 Å². The maximum Gasteiger partial charge on any atom is 0.331 e. The highest BCUT2D eigenvalue weighted by molar-refractivity contribution is 6.40. The molecule has 0 radical (unpaired) electrons. The van der Waals surface area contributed by atoms with Gasteiger partial charge in [-0.05, 0) is 42.0 Å². The predicted octanol–water partition coefficient (Wildman–Crippen LogP) is 3.66. The number of aliphatic carboxylic acids is 1. The average Bonchev–Trinajstić information content (AvgIpc) is 3.54. The van der Waals surface area contributed by atoms with Crippen molar-refractivity contribution in [2.75, 3.05) is 0 Å². The number of carboxylic acids is 1. The van der Waals surface area contributed by atoms with E-state index in [0.717, 1.165) is 12.1 Å². The number of carbonyl (C=O) groups is 4. The van der Waals surface area contributed by atoms with E-state index >= 15 is 0 Å². The topological polar surface area (TPSA) is 145 Å². The van der Waals surface area contributed by atoms with E-state index in [0.29, 0.717) is 11.6 Å². The Morgan fingerprint density at radius 1 is 0.897 bits per heavy atom. The van der Waals surface area contributed by atoms with Crippen LogP contribution in [0.2, 0.25) is 10.0 Å². The molecule has 0 spiro atoms. The van der Waals surface area contributed by atoms with Crippen molar-refractivity contribution >= 4 is 46.9 Å². The second-order valence-corrected chi connectivity index (χ2v) is 9.60. The van der Waals surface area contributed by atoms with Crippen LogP contribution in [0.3, 0.4) is 0 Å². The minimum Gasteiger partial charge on any atom is -0.508 e. The number of nitrogens with one attached hydrogen (secondary N) is 3. The van der Waals surface area contributed by atoms with E-state index < -0.39 is 46.9 Å². The van der Waals surface area contributed by atoms with Gasteiger partial charge in [-0.25, -0.2) is 13.6 Å². The average molecular weight is 578 g/mol. The van der Waals surface area contributed by atoms with E-state index in [1.54, 1.807) is 12.1 Å². The summed E-state index contributed by atoms with van der Waals surface area (Å²) in [5.41, 5.74) is -1.94. The normalized spacial score (nSPS) is 17.7. The third kappa shape index (κ3) is 6.10. The summed E-state index contributed by atoms with van der Waals surface area (Å²) >= 11 is 12.4. The summed E-state index contributed by atoms with van der Waals surface area (Å²) in [5.74, 6) is -5.91. The Labute approximate surface area is 229 Å². The fourth-order valence-electron chi connectivity index (χ4n) is 3.93. The number of phenolic OH excluding ortho intramolecular Hbond substituents is 1. The van der Waals surface area contributed by atoms with E-state index in [-0.39, 0.29) is 45.5 Å². The fraction of sp³-hybridized carbons (Fsp3) is 0.154. The van der Waals surface area contributed by atoms with Gasteiger partial charge in [-0.15, -0.1) is 0 Å². The number of rotatable bonds is 8. The summed E-state index contributed by atoms with van der Waals surface area (Å²) in [6.45, 7) is 0.0845. The number of hydrogen-bond acceptors (Lipinski definition) is 5. The second kappa shape index (κ2) is 10.9. The second-order valence-electron chi connectivity index (χ2n) is 8.79. The lowest BCUT2D eigenvalue weighted by molar-refractivity contribution is -0.140. The van der Waals surface area contributed by atoms with E-state index in [1.807, 2.05) is 0 Å². The van der Waals surface area contributed by atoms with Gasteiger partial charge in [0.2, 0.25) is 0 Å². The number of benzene rings is 3. The number of hydrogen-bond donors (Lipinski definition) is 5. The summed E-state index contributed by atoms with van der Waals surface area (Å²) in [6, 6.07) is 9.64. The van der Waals surface area contributed by atoms with Crippen molar-refractivity contribution in [3.63, 3.8) is 0 Å². The summed E-state index contributed by atoms with van der Waals surface area (Å²) < 4.78 is 26.9. The van der Waals surface area contributed by atoms with E-state index in [1.165, 1.54) is 24.3 Å². The van der Waals surface area contributed by atoms with Gasteiger partial charge in [0.15, 0.2) is 5.54 Å². The van der Waals surface area contributed by atoms with Gasteiger partial charge in [-0.2, -0.15) is 0 Å². The minimum absolute atomic E-state index is 0.0218. The molecule has 2 atom stereocenters. The molecule has 1 aliphatic carbocycles. The number of halogens is 4. The highest BCUT2D eigenvalue weighted by Crippen LogP contribution is 2.38. The molecule has 13 heteroatoms. The molecule has 0 saturated heterocycles. The lowest BCUT2D eigenvalue weighted by Crippen LogP contribution is -2.49. The maximum atomic E-state index is 13.4. The lowest BCUT2D eigenvalue weighted by atomic mass is 10.1. The molecule has 3 aromatic rings. The number of amides is 3. The van der Waals surface area contributed by atoms with Crippen molar-refractivity contribution in [2.45, 2.75) is 24.5 Å². The Bertz CT molecular complexity index is 1480. The van der Waals surface area contributed by atoms with Crippen molar-refractivity contribution in [2.24, 2.45) is 0 Å². The van der Waals surface area contributed by atoms with Crippen LogP contribution in [-0.4, -0.2) is 45.5 Å². The van der Waals surface area contributed by atoms with Crippen LogP contribution >= 0.6 is 23.2 Å². The number of aromatic hydroxyl groups is 1. The van der Waals surface area contributed by atoms with Crippen LogP contribution in [0.25, 0.3) is 0 Å². The van der Waals surface area contributed by atoms with Gasteiger partial charge in [0.25, 0.3) is 17.7 Å². The predicted molar refractivity (Wildman–Crippen MR) is 136 cm³/mol. The minimum atomic E-state index is -1.93. The van der Waals surface area contributed by atoms with Gasteiger partial charge >= 0.3 is 5.97 Å². The van der Waals surface area contributed by atoms with Gasteiger partial charge in [0.1, 0.15) is 17.4 Å². The molecule has 0 bridgehead atoms. The standard InChI is InChI=1S/C26H19Cl2F2N3O6/c27-18-7-14(22(35)31-11-12-2-1-3-17(34)4-12)8-19(28)21(18)24(37)33-26(25(38)39)10-20(26)32-23(36)13-5-15(29)9-16(30)6-13/h1-9,20,34H,10-11H2,(H,31,35)(H,32,36)(H,33,37)(H,38,39). The summed E-state index contributed by atoms with van der Waals surface area (Å²) in [6.07, 6.45) is -0.220. The molecular weight excluding hydrogens is 559 g/mol. The first kappa shape index (κ1) is 27.8. The van der Waals surface area contributed by atoms with E-state index in [9.17, 15) is 38.2 Å². The third-order valence-electron chi connectivity index (χ3n) is 6.00. The maximum absolute atomic E-state index is 13.4. The third-order valence-corrected chi connectivity index (χ3v) is 6.60. The van der Waals surface area contributed by atoms with Crippen molar-refractivity contribution in [3.8, 4) is 5.75 Å². The quantitative estimate of drug-likeness (QED) is 0.276. The van der Waals surface area contributed by atoms with Crippen LogP contribution in [0.15, 0.2) is 54.6 Å². The monoisotopic (exact) mass is 577 g/mol. The van der Waals surface area contributed by atoms with Crippen LogP contribution in [0.1, 0.15) is 43.1 Å². The zero-order valence-electron chi connectivity index (χ0n) is 19.7. The van der Waals surface area contributed by atoms with Gasteiger partial charge in [0.05, 0.1) is 21.7 Å². The summed E-state index contributed by atoms with van der Waals surface area (Å²) in [7, 11) is 0.